The molecule has 2 atom stereocenters. The van der Waals surface area contributed by atoms with Crippen LogP contribution < -0.4 is 5.32 Å². The number of hydrogen-bond acceptors (Lipinski definition) is 3. The zero-order valence-corrected chi connectivity index (χ0v) is 8.66. The van der Waals surface area contributed by atoms with Crippen LogP contribution in [0.25, 0.3) is 0 Å². The topological polar surface area (TPSA) is 58.6 Å². The van der Waals surface area contributed by atoms with E-state index in [-0.39, 0.29) is 12.5 Å². The summed E-state index contributed by atoms with van der Waals surface area (Å²) in [5.41, 5.74) is 0. The van der Waals surface area contributed by atoms with E-state index in [0.29, 0.717) is 5.92 Å². The van der Waals surface area contributed by atoms with Crippen molar-refractivity contribution in [2.24, 2.45) is 5.92 Å². The van der Waals surface area contributed by atoms with E-state index < -0.39 is 5.97 Å². The Bertz CT molecular complexity index is 178. The van der Waals surface area contributed by atoms with Crippen molar-refractivity contribution in [2.75, 3.05) is 19.8 Å². The van der Waals surface area contributed by atoms with E-state index in [1.165, 1.54) is 0 Å². The second-order valence-electron chi connectivity index (χ2n) is 3.97. The van der Waals surface area contributed by atoms with E-state index in [4.69, 9.17) is 9.84 Å². The highest BCUT2D eigenvalue weighted by molar-refractivity contribution is 5.67. The van der Waals surface area contributed by atoms with Crippen molar-refractivity contribution in [3.8, 4) is 0 Å². The first kappa shape index (κ1) is 11.5. The molecule has 82 valence electrons. The third kappa shape index (κ3) is 4.58. The first-order valence-electron chi connectivity index (χ1n) is 5.21. The molecule has 4 nitrogen and oxygen atoms in total. The zero-order valence-electron chi connectivity index (χ0n) is 8.66. The molecule has 1 fully saturated rings. The van der Waals surface area contributed by atoms with E-state index in [1.54, 1.807) is 0 Å². The average molecular weight is 201 g/mol. The SMILES string of the molecule is CC(CC(=O)O)NCCC1CCOC1. The summed E-state index contributed by atoms with van der Waals surface area (Å²) in [4.78, 5) is 10.4. The van der Waals surface area contributed by atoms with E-state index in [9.17, 15) is 4.79 Å². The van der Waals surface area contributed by atoms with Gasteiger partial charge in [-0.3, -0.25) is 4.79 Å². The lowest BCUT2D eigenvalue weighted by molar-refractivity contribution is -0.137. The Morgan fingerprint density at radius 3 is 3.07 bits per heavy atom. The molecule has 0 aromatic rings. The van der Waals surface area contributed by atoms with Gasteiger partial charge in [0.1, 0.15) is 0 Å². The predicted octanol–water partition coefficient (Wildman–Crippen LogP) is 0.866. The van der Waals surface area contributed by atoms with Gasteiger partial charge in [-0.05, 0) is 32.2 Å². The number of rotatable bonds is 6. The van der Waals surface area contributed by atoms with Crippen LogP contribution in [0.4, 0.5) is 0 Å². The Morgan fingerprint density at radius 2 is 2.50 bits per heavy atom. The second kappa shape index (κ2) is 5.98. The van der Waals surface area contributed by atoms with E-state index in [0.717, 1.165) is 32.6 Å². The molecule has 2 N–H and O–H groups in total. The van der Waals surface area contributed by atoms with Gasteiger partial charge in [-0.1, -0.05) is 0 Å². The molecule has 0 radical (unpaired) electrons. The monoisotopic (exact) mass is 201 g/mol. The Labute approximate surface area is 84.6 Å². The lowest BCUT2D eigenvalue weighted by Crippen LogP contribution is -2.30. The second-order valence-corrected chi connectivity index (χ2v) is 3.97. The summed E-state index contributed by atoms with van der Waals surface area (Å²) in [6.45, 7) is 4.55. The van der Waals surface area contributed by atoms with Gasteiger partial charge in [-0.25, -0.2) is 0 Å². The van der Waals surface area contributed by atoms with Crippen molar-refractivity contribution in [2.45, 2.75) is 32.2 Å². The first-order chi connectivity index (χ1) is 6.68. The molecule has 0 bridgehead atoms. The number of nitrogens with one attached hydrogen (secondary N) is 1. The summed E-state index contributed by atoms with van der Waals surface area (Å²) in [5, 5.41) is 11.7. The first-order valence-corrected chi connectivity index (χ1v) is 5.21. The molecule has 1 rings (SSSR count). The van der Waals surface area contributed by atoms with Crippen molar-refractivity contribution < 1.29 is 14.6 Å². The van der Waals surface area contributed by atoms with Crippen LogP contribution in [0.5, 0.6) is 0 Å². The summed E-state index contributed by atoms with van der Waals surface area (Å²) in [6.07, 6.45) is 2.43. The maximum atomic E-state index is 10.4. The Balaban J connectivity index is 1.99. The number of aliphatic carboxylic acids is 1. The normalized spacial score (nSPS) is 23.6. The summed E-state index contributed by atoms with van der Waals surface area (Å²) in [5.74, 6) is -0.0753. The Kier molecular flexibility index (Phi) is 4.90. The molecule has 1 saturated heterocycles. The minimum absolute atomic E-state index is 0.0646. The fourth-order valence-electron chi connectivity index (χ4n) is 1.68. The third-order valence-corrected chi connectivity index (χ3v) is 2.55. The van der Waals surface area contributed by atoms with Gasteiger partial charge in [0.05, 0.1) is 6.42 Å². The van der Waals surface area contributed by atoms with Crippen molar-refractivity contribution in [3.05, 3.63) is 0 Å². The Hall–Kier alpha value is -0.610. The molecular weight excluding hydrogens is 182 g/mol. The van der Waals surface area contributed by atoms with Crippen LogP contribution in [-0.2, 0) is 9.53 Å². The molecule has 0 amide bonds. The van der Waals surface area contributed by atoms with Crippen molar-refractivity contribution in [1.82, 2.24) is 5.32 Å². The van der Waals surface area contributed by atoms with Gasteiger partial charge in [0.15, 0.2) is 0 Å². The summed E-state index contributed by atoms with van der Waals surface area (Å²) >= 11 is 0. The molecule has 14 heavy (non-hydrogen) atoms. The molecule has 1 aliphatic rings. The predicted molar refractivity (Wildman–Crippen MR) is 53.3 cm³/mol. The largest absolute Gasteiger partial charge is 0.481 e. The van der Waals surface area contributed by atoms with Gasteiger partial charge in [0.2, 0.25) is 0 Å². The lowest BCUT2D eigenvalue weighted by atomic mass is 10.1. The molecule has 0 spiro atoms. The molecular formula is C10H19NO3. The molecule has 1 heterocycles. The van der Waals surface area contributed by atoms with E-state index >= 15 is 0 Å². The average Bonchev–Trinajstić information content (AvgIpc) is 2.55. The summed E-state index contributed by atoms with van der Waals surface area (Å²) in [7, 11) is 0. The smallest absolute Gasteiger partial charge is 0.304 e. The molecule has 0 aromatic heterocycles. The number of carboxylic acids is 1. The fourth-order valence-corrected chi connectivity index (χ4v) is 1.68. The molecule has 4 heteroatoms. The highest BCUT2D eigenvalue weighted by atomic mass is 16.5. The third-order valence-electron chi connectivity index (χ3n) is 2.55. The van der Waals surface area contributed by atoms with Crippen molar-refractivity contribution in [1.29, 1.82) is 0 Å². The molecule has 0 aliphatic carbocycles. The van der Waals surface area contributed by atoms with Crippen molar-refractivity contribution in [3.63, 3.8) is 0 Å². The number of hydrogen-bond donors (Lipinski definition) is 2. The fraction of sp³-hybridized carbons (Fsp3) is 0.900. The van der Waals surface area contributed by atoms with Gasteiger partial charge < -0.3 is 15.2 Å². The maximum Gasteiger partial charge on any atom is 0.304 e. The molecule has 1 aliphatic heterocycles. The lowest BCUT2D eigenvalue weighted by Gasteiger charge is -2.13. The minimum atomic E-state index is -0.741. The summed E-state index contributed by atoms with van der Waals surface area (Å²) in [6, 6.07) is 0.0646. The molecule has 0 aromatic carbocycles. The molecule has 0 saturated carbocycles. The van der Waals surface area contributed by atoms with Crippen LogP contribution in [0.2, 0.25) is 0 Å². The van der Waals surface area contributed by atoms with Gasteiger partial charge in [0, 0.05) is 19.3 Å². The van der Waals surface area contributed by atoms with Crippen LogP contribution >= 0.6 is 0 Å². The summed E-state index contributed by atoms with van der Waals surface area (Å²) < 4.78 is 5.26. The maximum absolute atomic E-state index is 10.4. The van der Waals surface area contributed by atoms with Crippen LogP contribution in [0.15, 0.2) is 0 Å². The minimum Gasteiger partial charge on any atom is -0.481 e. The van der Waals surface area contributed by atoms with Crippen LogP contribution in [0.3, 0.4) is 0 Å². The van der Waals surface area contributed by atoms with E-state index in [2.05, 4.69) is 5.32 Å². The highest BCUT2D eigenvalue weighted by Gasteiger charge is 2.15. The zero-order chi connectivity index (χ0) is 10.4. The number of carboxylic acid groups (broad SMARTS) is 1. The van der Waals surface area contributed by atoms with Crippen molar-refractivity contribution >= 4 is 5.97 Å². The van der Waals surface area contributed by atoms with Crippen LogP contribution in [0, 0.1) is 5.92 Å². The van der Waals surface area contributed by atoms with Crippen LogP contribution in [-0.4, -0.2) is 36.9 Å². The van der Waals surface area contributed by atoms with Gasteiger partial charge in [0.25, 0.3) is 0 Å². The van der Waals surface area contributed by atoms with Gasteiger partial charge >= 0.3 is 5.97 Å². The van der Waals surface area contributed by atoms with E-state index in [1.807, 2.05) is 6.92 Å². The van der Waals surface area contributed by atoms with Gasteiger partial charge in [-0.2, -0.15) is 0 Å². The number of carbonyl (C=O) groups is 1. The number of ether oxygens (including phenoxy) is 1. The van der Waals surface area contributed by atoms with Gasteiger partial charge in [-0.15, -0.1) is 0 Å². The highest BCUT2D eigenvalue weighted by Crippen LogP contribution is 2.15. The van der Waals surface area contributed by atoms with Crippen LogP contribution in [0.1, 0.15) is 26.2 Å². The quantitative estimate of drug-likeness (QED) is 0.669. The Morgan fingerprint density at radius 1 is 1.71 bits per heavy atom. The standard InChI is InChI=1S/C10H19NO3/c1-8(6-10(12)13)11-4-2-9-3-5-14-7-9/h8-9,11H,2-7H2,1H3,(H,12,13). The molecule has 2 unspecified atom stereocenters.